The summed E-state index contributed by atoms with van der Waals surface area (Å²) in [5, 5.41) is 2.44. The second-order valence-corrected chi connectivity index (χ2v) is 18.6. The maximum atomic E-state index is 4.02. The van der Waals surface area contributed by atoms with Crippen LogP contribution in [0.2, 0.25) is 0 Å². The molecule has 63 heavy (non-hydrogen) atoms. The summed E-state index contributed by atoms with van der Waals surface area (Å²) in [4.78, 5) is 4.74. The van der Waals surface area contributed by atoms with Crippen molar-refractivity contribution in [1.29, 1.82) is 0 Å². The van der Waals surface area contributed by atoms with E-state index in [-0.39, 0.29) is 10.8 Å². The maximum absolute atomic E-state index is 4.02. The third kappa shape index (κ3) is 6.40. The van der Waals surface area contributed by atoms with Gasteiger partial charge in [0.2, 0.25) is 0 Å². The lowest BCUT2D eigenvalue weighted by molar-refractivity contribution is -0.0281. The molecule has 0 aliphatic heterocycles. The average molecular weight is 814 g/mol. The van der Waals surface area contributed by atoms with Crippen LogP contribution in [0.4, 0.5) is 34.1 Å². The lowest BCUT2D eigenvalue weighted by atomic mass is 9.42. The van der Waals surface area contributed by atoms with Crippen LogP contribution in [0.1, 0.15) is 55.2 Å². The van der Waals surface area contributed by atoms with Gasteiger partial charge in [-0.3, -0.25) is 0 Å². The summed E-state index contributed by atoms with van der Waals surface area (Å²) < 4.78 is 2.50. The first kappa shape index (κ1) is 37.6. The van der Waals surface area contributed by atoms with E-state index in [2.05, 4.69) is 227 Å². The van der Waals surface area contributed by atoms with E-state index in [1.807, 2.05) is 6.08 Å². The molecular formula is C60H51N3. The first-order chi connectivity index (χ1) is 31.1. The quantitative estimate of drug-likeness (QED) is 0.136. The van der Waals surface area contributed by atoms with E-state index in [0.717, 1.165) is 46.0 Å². The summed E-state index contributed by atoms with van der Waals surface area (Å²) >= 11 is 0. The summed E-state index contributed by atoms with van der Waals surface area (Å²) in [6, 6.07) is 76.2. The standard InChI is InChI=1S/C60H51N3/c1-2-43-23-25-46(26-24-43)59-38-44-35-45(39-59)41-60(40-44,42-59)47-27-29-52(30-28-47)63-57-33-31-53(61(48-15-7-3-8-16-48)49-17-9-4-10-18-49)36-55(57)56-37-54(32-34-58(56)63)62(50-19-11-5-12-20-50)51-21-13-6-14-22-51/h2-34,36-37,44-45H,1,35,38-42H2. The fourth-order valence-corrected chi connectivity index (χ4v) is 12.6. The molecule has 1 heterocycles. The Morgan fingerprint density at radius 2 is 0.810 bits per heavy atom. The third-order valence-electron chi connectivity index (χ3n) is 14.9. The molecule has 4 fully saturated rings. The lowest BCUT2D eigenvalue weighted by Gasteiger charge is -2.63. The molecule has 0 radical (unpaired) electrons. The van der Waals surface area contributed by atoms with Crippen LogP contribution in [-0.2, 0) is 10.8 Å². The van der Waals surface area contributed by atoms with Crippen molar-refractivity contribution in [2.45, 2.75) is 49.4 Å². The molecule has 4 bridgehead atoms. The molecule has 8 aromatic carbocycles. The summed E-state index contributed by atoms with van der Waals surface area (Å²) in [5.41, 5.74) is 15.1. The molecule has 9 aromatic rings. The molecule has 2 unspecified atom stereocenters. The fraction of sp³-hybridized carbons (Fsp3) is 0.167. The highest BCUT2D eigenvalue weighted by Gasteiger charge is 2.58. The van der Waals surface area contributed by atoms with Gasteiger partial charge in [-0.1, -0.05) is 122 Å². The van der Waals surface area contributed by atoms with Crippen LogP contribution in [0.15, 0.2) is 213 Å². The van der Waals surface area contributed by atoms with Crippen LogP contribution >= 0.6 is 0 Å². The second-order valence-electron chi connectivity index (χ2n) is 18.6. The zero-order valence-corrected chi connectivity index (χ0v) is 35.7. The van der Waals surface area contributed by atoms with Crippen LogP contribution in [-0.4, -0.2) is 4.57 Å². The SMILES string of the molecule is C=Cc1ccc(C23CC4CC(C2)CC(c2ccc(-n5c6ccc(N(c7ccccc7)c7ccccc7)cc6c6cc(N(c7ccccc7)c7ccccc7)ccc65)cc2)(C4)C3)cc1. The molecule has 306 valence electrons. The average Bonchev–Trinajstić information content (AvgIpc) is 3.66. The van der Waals surface area contributed by atoms with E-state index in [1.54, 1.807) is 5.56 Å². The van der Waals surface area contributed by atoms with Crippen LogP contribution in [0.3, 0.4) is 0 Å². The number of hydrogen-bond acceptors (Lipinski definition) is 2. The Bertz CT molecular complexity index is 2850. The number of fused-ring (bicyclic) bond motifs is 3. The molecule has 0 spiro atoms. The number of para-hydroxylation sites is 4. The van der Waals surface area contributed by atoms with Crippen molar-refractivity contribution >= 4 is 62.0 Å². The first-order valence-electron chi connectivity index (χ1n) is 22.8. The Morgan fingerprint density at radius 3 is 1.19 bits per heavy atom. The van der Waals surface area contributed by atoms with Crippen LogP contribution < -0.4 is 9.80 Å². The van der Waals surface area contributed by atoms with E-state index < -0.39 is 0 Å². The van der Waals surface area contributed by atoms with E-state index in [0.29, 0.717) is 0 Å². The second kappa shape index (κ2) is 15.1. The zero-order chi connectivity index (χ0) is 42.0. The molecule has 4 aliphatic rings. The predicted molar refractivity (Wildman–Crippen MR) is 265 cm³/mol. The lowest BCUT2D eigenvalue weighted by Crippen LogP contribution is -2.55. The summed E-state index contributed by atoms with van der Waals surface area (Å²) in [7, 11) is 0. The predicted octanol–water partition coefficient (Wildman–Crippen LogP) is 16.2. The van der Waals surface area contributed by atoms with Gasteiger partial charge < -0.3 is 14.4 Å². The van der Waals surface area contributed by atoms with Crippen molar-refractivity contribution in [2.75, 3.05) is 9.80 Å². The molecule has 2 atom stereocenters. The molecule has 3 heteroatoms. The number of benzene rings is 8. The minimum atomic E-state index is 0.223. The Balaban J connectivity index is 1.01. The molecule has 3 nitrogen and oxygen atoms in total. The van der Waals surface area contributed by atoms with E-state index >= 15 is 0 Å². The maximum Gasteiger partial charge on any atom is 0.0542 e. The van der Waals surface area contributed by atoms with Crippen molar-refractivity contribution in [2.24, 2.45) is 11.8 Å². The monoisotopic (exact) mass is 813 g/mol. The van der Waals surface area contributed by atoms with Crippen LogP contribution in [0, 0.1) is 11.8 Å². The van der Waals surface area contributed by atoms with Gasteiger partial charge in [0.1, 0.15) is 0 Å². The molecule has 0 amide bonds. The summed E-state index contributed by atoms with van der Waals surface area (Å²) in [6.45, 7) is 4.02. The number of hydrogen-bond donors (Lipinski definition) is 0. The van der Waals surface area contributed by atoms with Crippen molar-refractivity contribution in [1.82, 2.24) is 4.57 Å². The molecule has 0 N–H and O–H groups in total. The third-order valence-corrected chi connectivity index (χ3v) is 14.9. The molecule has 1 aromatic heterocycles. The molecule has 0 saturated heterocycles. The Hall–Kier alpha value is -7.10. The number of rotatable bonds is 10. The highest BCUT2D eigenvalue weighted by molar-refractivity contribution is 6.12. The molecular weight excluding hydrogens is 763 g/mol. The fourth-order valence-electron chi connectivity index (χ4n) is 12.6. The van der Waals surface area contributed by atoms with Gasteiger partial charge in [-0.2, -0.15) is 0 Å². The van der Waals surface area contributed by atoms with Crippen LogP contribution in [0.5, 0.6) is 0 Å². The van der Waals surface area contributed by atoms with Crippen molar-refractivity contribution in [3.8, 4) is 5.69 Å². The minimum absolute atomic E-state index is 0.223. The van der Waals surface area contributed by atoms with E-state index in [9.17, 15) is 0 Å². The minimum Gasteiger partial charge on any atom is -0.310 e. The molecule has 4 aliphatic carbocycles. The zero-order valence-electron chi connectivity index (χ0n) is 35.7. The number of nitrogens with zero attached hydrogens (tertiary/aromatic N) is 3. The van der Waals surface area contributed by atoms with Gasteiger partial charge in [-0.25, -0.2) is 0 Å². The van der Waals surface area contributed by atoms with Gasteiger partial charge in [0.25, 0.3) is 0 Å². The van der Waals surface area contributed by atoms with Gasteiger partial charge in [0.05, 0.1) is 11.0 Å². The van der Waals surface area contributed by atoms with E-state index in [4.69, 9.17) is 0 Å². The highest BCUT2D eigenvalue weighted by Crippen LogP contribution is 2.66. The van der Waals surface area contributed by atoms with Crippen molar-refractivity contribution < 1.29 is 0 Å². The van der Waals surface area contributed by atoms with Gasteiger partial charge >= 0.3 is 0 Å². The van der Waals surface area contributed by atoms with Gasteiger partial charge in [0.15, 0.2) is 0 Å². The molecule has 13 rings (SSSR count). The number of anilines is 6. The molecule has 4 saturated carbocycles. The Morgan fingerprint density at radius 1 is 0.429 bits per heavy atom. The van der Waals surface area contributed by atoms with E-state index in [1.165, 1.54) is 77.1 Å². The van der Waals surface area contributed by atoms with Gasteiger partial charge in [-0.15, -0.1) is 0 Å². The first-order valence-corrected chi connectivity index (χ1v) is 22.8. The highest BCUT2D eigenvalue weighted by atomic mass is 15.1. The summed E-state index contributed by atoms with van der Waals surface area (Å²) in [6.07, 6.45) is 9.91. The topological polar surface area (TPSA) is 11.4 Å². The van der Waals surface area contributed by atoms with Gasteiger partial charge in [0, 0.05) is 50.6 Å². The number of aromatic nitrogens is 1. The Kier molecular flexibility index (Phi) is 9.00. The normalized spacial score (nSPS) is 21.1. The van der Waals surface area contributed by atoms with Crippen LogP contribution in [0.25, 0.3) is 33.6 Å². The van der Waals surface area contributed by atoms with Crippen molar-refractivity contribution in [3.05, 3.63) is 230 Å². The van der Waals surface area contributed by atoms with Crippen molar-refractivity contribution in [3.63, 3.8) is 0 Å². The largest absolute Gasteiger partial charge is 0.310 e. The smallest absolute Gasteiger partial charge is 0.0542 e. The Labute approximate surface area is 371 Å². The van der Waals surface area contributed by atoms with Gasteiger partial charge in [-0.05, 0) is 175 Å². The summed E-state index contributed by atoms with van der Waals surface area (Å²) in [5.74, 6) is 1.59.